The molecule has 2 aliphatic carbocycles. The zero-order chi connectivity index (χ0) is 11.6. The first kappa shape index (κ1) is 15.0. The van der Waals surface area contributed by atoms with Gasteiger partial charge in [0.1, 0.15) is 0 Å². The summed E-state index contributed by atoms with van der Waals surface area (Å²) in [5.41, 5.74) is 6.87. The molecule has 0 heterocycles. The Morgan fingerprint density at radius 3 is 2.29 bits per heavy atom. The zero-order valence-corrected chi connectivity index (χ0v) is 11.9. The lowest BCUT2D eigenvalue weighted by Crippen LogP contribution is -2.34. The molecule has 0 aromatic rings. The monoisotopic (exact) mass is 240 g/mol. The van der Waals surface area contributed by atoms with Gasteiger partial charge in [-0.2, -0.15) is 0 Å². The molecule has 2 heteroatoms. The van der Waals surface area contributed by atoms with E-state index in [0.717, 1.165) is 11.8 Å². The molecule has 0 bridgehead atoms. The first-order valence-electron chi connectivity index (χ1n) is 7.36. The van der Waals surface area contributed by atoms with Crippen LogP contribution >= 0.6 is 0 Å². The van der Waals surface area contributed by atoms with E-state index in [-0.39, 0.29) is 6.15 Å². The Morgan fingerprint density at radius 1 is 1.00 bits per heavy atom. The summed E-state index contributed by atoms with van der Waals surface area (Å²) < 4.78 is 0. The van der Waals surface area contributed by atoms with E-state index in [1.165, 1.54) is 57.8 Å². The van der Waals surface area contributed by atoms with Crippen LogP contribution in [0, 0.1) is 17.3 Å². The summed E-state index contributed by atoms with van der Waals surface area (Å²) in [4.78, 5) is 0. The van der Waals surface area contributed by atoms with Crippen molar-refractivity contribution in [2.24, 2.45) is 23.0 Å². The van der Waals surface area contributed by atoms with Gasteiger partial charge in [0.05, 0.1) is 0 Å². The number of hydrogen-bond acceptors (Lipinski definition) is 2. The minimum absolute atomic E-state index is 0. The van der Waals surface area contributed by atoms with Gasteiger partial charge < -0.3 is 11.9 Å². The van der Waals surface area contributed by atoms with Crippen LogP contribution in [0.1, 0.15) is 71.6 Å². The Hall–Kier alpha value is -0.0800. The number of hydrogen-bond donors (Lipinski definition) is 2. The van der Waals surface area contributed by atoms with Crippen molar-refractivity contribution in [2.45, 2.75) is 77.7 Å². The summed E-state index contributed by atoms with van der Waals surface area (Å²) >= 11 is 0. The van der Waals surface area contributed by atoms with Crippen LogP contribution in [0.4, 0.5) is 0 Å². The molecule has 0 aromatic carbocycles. The van der Waals surface area contributed by atoms with E-state index >= 15 is 0 Å². The fourth-order valence-corrected chi connectivity index (χ4v) is 4.02. The third kappa shape index (κ3) is 3.69. The lowest BCUT2D eigenvalue weighted by Gasteiger charge is -2.42. The summed E-state index contributed by atoms with van der Waals surface area (Å²) in [6.45, 7) is 4.97. The van der Waals surface area contributed by atoms with Crippen molar-refractivity contribution >= 4 is 0 Å². The molecule has 0 spiro atoms. The Morgan fingerprint density at radius 2 is 1.65 bits per heavy atom. The van der Waals surface area contributed by atoms with Gasteiger partial charge in [-0.05, 0) is 55.8 Å². The smallest absolute Gasteiger partial charge is 0.00417 e. The second kappa shape index (κ2) is 6.19. The van der Waals surface area contributed by atoms with Crippen LogP contribution in [0.25, 0.3) is 0 Å². The van der Waals surface area contributed by atoms with Crippen LogP contribution < -0.4 is 11.9 Å². The van der Waals surface area contributed by atoms with Crippen molar-refractivity contribution < 1.29 is 0 Å². The summed E-state index contributed by atoms with van der Waals surface area (Å²) in [6, 6.07) is 0.480. The normalized spacial score (nSPS) is 37.9. The van der Waals surface area contributed by atoms with Crippen LogP contribution in [0.3, 0.4) is 0 Å². The van der Waals surface area contributed by atoms with Crippen molar-refractivity contribution in [3.63, 3.8) is 0 Å². The van der Waals surface area contributed by atoms with E-state index < -0.39 is 0 Å². The average molecular weight is 240 g/mol. The molecule has 17 heavy (non-hydrogen) atoms. The minimum Gasteiger partial charge on any atom is -0.344 e. The van der Waals surface area contributed by atoms with Crippen molar-refractivity contribution in [3.05, 3.63) is 0 Å². The molecule has 2 nitrogen and oxygen atoms in total. The molecule has 2 rings (SSSR count). The quantitative estimate of drug-likeness (QED) is 0.672. The van der Waals surface area contributed by atoms with Gasteiger partial charge in [0, 0.05) is 6.04 Å². The second-order valence-corrected chi connectivity index (χ2v) is 6.83. The first-order chi connectivity index (χ1) is 7.60. The molecule has 3 atom stereocenters. The second-order valence-electron chi connectivity index (χ2n) is 6.83. The lowest BCUT2D eigenvalue weighted by atomic mass is 9.64. The standard InChI is InChI=1S/C15H29N.H3N/c1-12-6-7-14(16)11-13(10-12)15(2)8-4-3-5-9-15;/h12-14H,3-11,16H2,1-2H3;1H3. The van der Waals surface area contributed by atoms with Crippen LogP contribution in [0.5, 0.6) is 0 Å². The van der Waals surface area contributed by atoms with Crippen LogP contribution in [0.2, 0.25) is 0 Å². The van der Waals surface area contributed by atoms with Crippen molar-refractivity contribution in [1.82, 2.24) is 6.15 Å². The predicted octanol–water partition coefficient (Wildman–Crippen LogP) is 4.27. The molecule has 3 unspecified atom stereocenters. The minimum atomic E-state index is 0. The van der Waals surface area contributed by atoms with Crippen LogP contribution in [0.15, 0.2) is 0 Å². The third-order valence-electron chi connectivity index (χ3n) is 5.29. The van der Waals surface area contributed by atoms with E-state index in [0.29, 0.717) is 11.5 Å². The maximum absolute atomic E-state index is 6.25. The van der Waals surface area contributed by atoms with E-state index in [1.54, 1.807) is 0 Å². The molecular weight excluding hydrogens is 208 g/mol. The highest BCUT2D eigenvalue weighted by Gasteiger charge is 2.37. The van der Waals surface area contributed by atoms with Gasteiger partial charge in [-0.3, -0.25) is 0 Å². The molecule has 0 amide bonds. The Labute approximate surface area is 107 Å². The predicted molar refractivity (Wildman–Crippen MR) is 75.3 cm³/mol. The summed E-state index contributed by atoms with van der Waals surface area (Å²) in [7, 11) is 0. The molecule has 0 aliphatic heterocycles. The molecule has 5 N–H and O–H groups in total. The third-order valence-corrected chi connectivity index (χ3v) is 5.29. The van der Waals surface area contributed by atoms with Gasteiger partial charge >= 0.3 is 0 Å². The van der Waals surface area contributed by atoms with Crippen molar-refractivity contribution in [2.75, 3.05) is 0 Å². The van der Waals surface area contributed by atoms with Gasteiger partial charge in [-0.1, -0.05) is 33.1 Å². The number of nitrogens with two attached hydrogens (primary N) is 1. The highest BCUT2D eigenvalue weighted by molar-refractivity contribution is 4.89. The van der Waals surface area contributed by atoms with Gasteiger partial charge in [0.15, 0.2) is 0 Å². The van der Waals surface area contributed by atoms with Crippen molar-refractivity contribution in [1.29, 1.82) is 0 Å². The Bertz CT molecular complexity index is 209. The Balaban J connectivity index is 0.00000144. The fraction of sp³-hybridized carbons (Fsp3) is 1.00. The SMILES string of the molecule is CC1CCC(N)CC(C2(C)CCCCC2)C1.N. The maximum atomic E-state index is 6.25. The molecule has 0 saturated heterocycles. The van der Waals surface area contributed by atoms with Crippen LogP contribution in [-0.2, 0) is 0 Å². The fourth-order valence-electron chi connectivity index (χ4n) is 4.02. The van der Waals surface area contributed by atoms with Crippen LogP contribution in [-0.4, -0.2) is 6.04 Å². The van der Waals surface area contributed by atoms with Gasteiger partial charge in [0.2, 0.25) is 0 Å². The number of rotatable bonds is 1. The van der Waals surface area contributed by atoms with Crippen molar-refractivity contribution in [3.8, 4) is 0 Å². The van der Waals surface area contributed by atoms with E-state index in [2.05, 4.69) is 13.8 Å². The molecule has 2 fully saturated rings. The molecule has 2 aliphatic rings. The highest BCUT2D eigenvalue weighted by Crippen LogP contribution is 2.47. The van der Waals surface area contributed by atoms with E-state index in [1.807, 2.05) is 0 Å². The zero-order valence-electron chi connectivity index (χ0n) is 11.9. The van der Waals surface area contributed by atoms with E-state index in [4.69, 9.17) is 5.73 Å². The Kier molecular flexibility index (Phi) is 5.46. The molecular formula is C15H32N2. The van der Waals surface area contributed by atoms with E-state index in [9.17, 15) is 0 Å². The first-order valence-corrected chi connectivity index (χ1v) is 7.36. The topological polar surface area (TPSA) is 61.0 Å². The van der Waals surface area contributed by atoms with Gasteiger partial charge in [-0.25, -0.2) is 0 Å². The maximum Gasteiger partial charge on any atom is 0.00417 e. The highest BCUT2D eigenvalue weighted by atomic mass is 14.6. The summed E-state index contributed by atoms with van der Waals surface area (Å²) in [5.74, 6) is 1.80. The molecule has 2 saturated carbocycles. The molecule has 0 radical (unpaired) electrons. The molecule has 102 valence electrons. The summed E-state index contributed by atoms with van der Waals surface area (Å²) in [6.07, 6.45) is 12.6. The largest absolute Gasteiger partial charge is 0.344 e. The lowest BCUT2D eigenvalue weighted by molar-refractivity contribution is 0.0944. The average Bonchev–Trinajstić information content (AvgIpc) is 2.42. The van der Waals surface area contributed by atoms with Gasteiger partial charge in [0.25, 0.3) is 0 Å². The van der Waals surface area contributed by atoms with Gasteiger partial charge in [-0.15, -0.1) is 0 Å². The molecule has 0 aromatic heterocycles. The summed E-state index contributed by atoms with van der Waals surface area (Å²) in [5, 5.41) is 0.